The Balaban J connectivity index is 1.63. The summed E-state index contributed by atoms with van der Waals surface area (Å²) in [6, 6.07) is 11.1. The summed E-state index contributed by atoms with van der Waals surface area (Å²) >= 11 is 13.7. The molecule has 2 heterocycles. The van der Waals surface area contributed by atoms with Gasteiger partial charge in [0.1, 0.15) is 5.82 Å². The van der Waals surface area contributed by atoms with E-state index >= 15 is 0 Å². The van der Waals surface area contributed by atoms with Gasteiger partial charge in [-0.15, -0.1) is 0 Å². The van der Waals surface area contributed by atoms with E-state index in [9.17, 15) is 12.8 Å². The Labute approximate surface area is 171 Å². The lowest BCUT2D eigenvalue weighted by Crippen LogP contribution is -2.39. The summed E-state index contributed by atoms with van der Waals surface area (Å²) in [5.74, 6) is 0.235. The molecule has 2 aliphatic rings. The summed E-state index contributed by atoms with van der Waals surface area (Å²) in [5.41, 5.74) is 1.60. The Morgan fingerprint density at radius 2 is 2.00 bits per heavy atom. The zero-order valence-corrected chi connectivity index (χ0v) is 17.1. The number of amidine groups is 1. The van der Waals surface area contributed by atoms with Crippen molar-refractivity contribution in [1.82, 2.24) is 0 Å². The highest BCUT2D eigenvalue weighted by molar-refractivity contribution is 8.13. The number of hydrogen-bond donors (Lipinski definition) is 0. The predicted molar refractivity (Wildman–Crippen MR) is 110 cm³/mol. The minimum atomic E-state index is -3.11. The summed E-state index contributed by atoms with van der Waals surface area (Å²) in [4.78, 5) is 6.61. The van der Waals surface area contributed by atoms with Crippen LogP contribution in [0.25, 0.3) is 0 Å². The fourth-order valence-corrected chi connectivity index (χ4v) is 6.81. The molecule has 0 spiro atoms. The second-order valence-corrected chi connectivity index (χ2v) is 10.4. The van der Waals surface area contributed by atoms with Crippen molar-refractivity contribution >= 4 is 55.7 Å². The van der Waals surface area contributed by atoms with Gasteiger partial charge < -0.3 is 4.90 Å². The molecule has 0 radical (unpaired) electrons. The maximum Gasteiger partial charge on any atom is 0.164 e. The van der Waals surface area contributed by atoms with Crippen LogP contribution in [0.2, 0.25) is 10.0 Å². The van der Waals surface area contributed by atoms with E-state index in [0.29, 0.717) is 15.8 Å². The smallest absolute Gasteiger partial charge is 0.164 e. The van der Waals surface area contributed by atoms with E-state index in [0.717, 1.165) is 16.4 Å². The van der Waals surface area contributed by atoms with Crippen molar-refractivity contribution in [3.8, 4) is 0 Å². The number of rotatable bonds is 3. The first kappa shape index (κ1) is 19.1. The summed E-state index contributed by atoms with van der Waals surface area (Å²) in [7, 11) is -3.11. The lowest BCUT2D eigenvalue weighted by Gasteiger charge is -2.26. The Bertz CT molecular complexity index is 1030. The Morgan fingerprint density at radius 3 is 2.74 bits per heavy atom. The van der Waals surface area contributed by atoms with Crippen molar-refractivity contribution in [2.45, 2.75) is 17.8 Å². The van der Waals surface area contributed by atoms with Crippen LogP contribution < -0.4 is 4.90 Å². The van der Waals surface area contributed by atoms with Crippen molar-refractivity contribution in [1.29, 1.82) is 0 Å². The van der Waals surface area contributed by atoms with Crippen LogP contribution in [0.5, 0.6) is 0 Å². The highest BCUT2D eigenvalue weighted by Gasteiger charge is 2.47. The average Bonchev–Trinajstić information content (AvgIpc) is 3.05. The van der Waals surface area contributed by atoms with E-state index in [1.807, 2.05) is 17.0 Å². The average molecular weight is 445 g/mol. The molecule has 4 nitrogen and oxygen atoms in total. The fourth-order valence-electron chi connectivity index (χ4n) is 3.34. The van der Waals surface area contributed by atoms with Gasteiger partial charge in [-0.3, -0.25) is 4.99 Å². The maximum absolute atomic E-state index is 13.2. The highest BCUT2D eigenvalue weighted by Crippen LogP contribution is 2.37. The van der Waals surface area contributed by atoms with Gasteiger partial charge >= 0.3 is 0 Å². The number of anilines is 1. The van der Waals surface area contributed by atoms with E-state index in [-0.39, 0.29) is 29.4 Å². The van der Waals surface area contributed by atoms with Crippen LogP contribution in [-0.2, 0) is 15.6 Å². The molecule has 4 rings (SSSR count). The normalized spacial score (nSPS) is 23.4. The van der Waals surface area contributed by atoms with Gasteiger partial charge in [0.2, 0.25) is 0 Å². The molecule has 2 aliphatic heterocycles. The maximum atomic E-state index is 13.2. The third-order valence-corrected chi connectivity index (χ3v) is 7.87. The van der Waals surface area contributed by atoms with Crippen LogP contribution in [0.3, 0.4) is 0 Å². The Kier molecular flexibility index (Phi) is 5.14. The van der Waals surface area contributed by atoms with Crippen LogP contribution in [0.4, 0.5) is 10.1 Å². The van der Waals surface area contributed by atoms with E-state index in [1.165, 1.54) is 23.9 Å². The molecule has 0 N–H and O–H groups in total. The molecule has 0 aromatic heterocycles. The molecule has 2 atom stereocenters. The molecule has 2 aromatic carbocycles. The summed E-state index contributed by atoms with van der Waals surface area (Å²) in [6.07, 6.45) is 0. The summed E-state index contributed by atoms with van der Waals surface area (Å²) in [6.45, 7) is 0. The molecule has 1 fully saturated rings. The number of benzene rings is 2. The van der Waals surface area contributed by atoms with Crippen molar-refractivity contribution < 1.29 is 12.8 Å². The van der Waals surface area contributed by atoms with Gasteiger partial charge in [0.15, 0.2) is 15.0 Å². The van der Waals surface area contributed by atoms with Crippen LogP contribution in [0, 0.1) is 5.82 Å². The molecule has 142 valence electrons. The quantitative estimate of drug-likeness (QED) is 0.703. The van der Waals surface area contributed by atoms with Gasteiger partial charge in [-0.25, -0.2) is 12.8 Å². The highest BCUT2D eigenvalue weighted by atomic mass is 35.5. The largest absolute Gasteiger partial charge is 0.315 e. The van der Waals surface area contributed by atoms with Crippen LogP contribution in [-0.4, -0.2) is 37.2 Å². The first-order valence-electron chi connectivity index (χ1n) is 8.22. The third-order valence-electron chi connectivity index (χ3n) is 4.57. The lowest BCUT2D eigenvalue weighted by atomic mass is 10.1. The standard InChI is InChI=1S/C18H15Cl2FN2O2S2/c19-12-2-1-3-14(6-12)23-17-10-27(24,25)9-16(17)22-18(23)26-8-11-4-5-13(21)7-15(11)20/h1-7,16-17H,8-10H2. The molecule has 1 saturated heterocycles. The monoisotopic (exact) mass is 444 g/mol. The Morgan fingerprint density at radius 1 is 1.19 bits per heavy atom. The van der Waals surface area contributed by atoms with E-state index in [1.54, 1.807) is 18.2 Å². The first-order valence-corrected chi connectivity index (χ1v) is 11.8. The number of thioether (sulfide) groups is 1. The van der Waals surface area contributed by atoms with Crippen molar-refractivity contribution in [2.75, 3.05) is 16.4 Å². The number of nitrogens with zero attached hydrogens (tertiary/aromatic N) is 2. The molecule has 0 bridgehead atoms. The number of hydrogen-bond acceptors (Lipinski definition) is 5. The van der Waals surface area contributed by atoms with Crippen LogP contribution in [0.1, 0.15) is 5.56 Å². The molecular formula is C18H15Cl2FN2O2S2. The topological polar surface area (TPSA) is 49.7 Å². The van der Waals surface area contributed by atoms with Crippen molar-refractivity contribution in [2.24, 2.45) is 4.99 Å². The van der Waals surface area contributed by atoms with Crippen LogP contribution in [0.15, 0.2) is 47.5 Å². The van der Waals surface area contributed by atoms with Gasteiger partial charge in [0.05, 0.1) is 23.6 Å². The second kappa shape index (κ2) is 7.28. The van der Waals surface area contributed by atoms with Gasteiger partial charge in [-0.05, 0) is 35.9 Å². The zero-order chi connectivity index (χ0) is 19.2. The third kappa shape index (κ3) is 3.97. The lowest BCUT2D eigenvalue weighted by molar-refractivity contribution is 0.601. The van der Waals surface area contributed by atoms with Gasteiger partial charge in [-0.1, -0.05) is 47.1 Å². The number of halogens is 3. The predicted octanol–water partition coefficient (Wildman–Crippen LogP) is 4.41. The summed E-state index contributed by atoms with van der Waals surface area (Å²) < 4.78 is 37.4. The minimum Gasteiger partial charge on any atom is -0.315 e. The minimum absolute atomic E-state index is 0.0517. The number of sulfone groups is 1. The van der Waals surface area contributed by atoms with E-state index in [2.05, 4.69) is 4.99 Å². The van der Waals surface area contributed by atoms with Crippen molar-refractivity contribution in [3.63, 3.8) is 0 Å². The molecule has 2 unspecified atom stereocenters. The zero-order valence-electron chi connectivity index (χ0n) is 14.0. The van der Waals surface area contributed by atoms with Gasteiger partial charge in [0, 0.05) is 21.5 Å². The second-order valence-electron chi connectivity index (χ2n) is 6.50. The molecule has 2 aromatic rings. The molecule has 0 amide bonds. The number of fused-ring (bicyclic) bond motifs is 1. The molecular weight excluding hydrogens is 430 g/mol. The Hall–Kier alpha value is -1.28. The van der Waals surface area contributed by atoms with E-state index in [4.69, 9.17) is 23.2 Å². The number of aliphatic imine (C=N–C) groups is 1. The van der Waals surface area contributed by atoms with Gasteiger partial charge in [0.25, 0.3) is 0 Å². The van der Waals surface area contributed by atoms with E-state index < -0.39 is 9.84 Å². The fraction of sp³-hybridized carbons (Fsp3) is 0.278. The molecule has 0 aliphatic carbocycles. The summed E-state index contributed by atoms with van der Waals surface area (Å²) in [5, 5.41) is 1.66. The molecule has 0 saturated carbocycles. The van der Waals surface area contributed by atoms with Crippen molar-refractivity contribution in [3.05, 3.63) is 63.9 Å². The van der Waals surface area contributed by atoms with Gasteiger partial charge in [-0.2, -0.15) is 0 Å². The van der Waals surface area contributed by atoms with Crippen LogP contribution >= 0.6 is 35.0 Å². The molecule has 9 heteroatoms. The molecule has 27 heavy (non-hydrogen) atoms. The first-order chi connectivity index (χ1) is 12.8. The SMILES string of the molecule is O=S1(=O)CC2N=C(SCc3ccc(F)cc3Cl)N(c3cccc(Cl)c3)C2C1.